The summed E-state index contributed by atoms with van der Waals surface area (Å²) in [4.78, 5) is 14.8. The van der Waals surface area contributed by atoms with E-state index in [2.05, 4.69) is 17.2 Å². The molecular formula is C24H25N3O2. The number of carbonyl (C=O) groups is 1. The van der Waals surface area contributed by atoms with Crippen LogP contribution in [0.4, 0.5) is 0 Å². The summed E-state index contributed by atoms with van der Waals surface area (Å²) in [5.41, 5.74) is 3.05. The lowest BCUT2D eigenvalue weighted by atomic mass is 10.0. The second kappa shape index (κ2) is 8.78. The maximum atomic E-state index is 12.8. The van der Waals surface area contributed by atoms with Crippen LogP contribution in [0, 0.1) is 0 Å². The number of aromatic nitrogens is 2. The van der Waals surface area contributed by atoms with E-state index in [-0.39, 0.29) is 11.9 Å². The summed E-state index contributed by atoms with van der Waals surface area (Å²) in [6.07, 6.45) is 9.18. The van der Waals surface area contributed by atoms with Crippen LogP contribution in [-0.2, 0) is 4.79 Å². The van der Waals surface area contributed by atoms with E-state index in [1.807, 2.05) is 71.2 Å². The number of hydrogen-bond acceptors (Lipinski definition) is 3. The third-order valence-corrected chi connectivity index (χ3v) is 5.15. The van der Waals surface area contributed by atoms with E-state index >= 15 is 0 Å². The van der Waals surface area contributed by atoms with E-state index in [1.54, 1.807) is 12.3 Å². The van der Waals surface area contributed by atoms with Gasteiger partial charge in [0.2, 0.25) is 5.91 Å². The van der Waals surface area contributed by atoms with E-state index in [4.69, 9.17) is 4.74 Å². The van der Waals surface area contributed by atoms with Crippen molar-refractivity contribution in [1.82, 2.24) is 14.7 Å². The number of para-hydroxylation sites is 1. The van der Waals surface area contributed by atoms with Gasteiger partial charge in [0.1, 0.15) is 5.75 Å². The fourth-order valence-electron chi connectivity index (χ4n) is 3.74. The first kappa shape index (κ1) is 19.0. The van der Waals surface area contributed by atoms with Crippen LogP contribution in [-0.4, -0.2) is 33.7 Å². The first-order valence-electron chi connectivity index (χ1n) is 10.1. The van der Waals surface area contributed by atoms with Gasteiger partial charge >= 0.3 is 0 Å². The highest BCUT2D eigenvalue weighted by Crippen LogP contribution is 2.33. The van der Waals surface area contributed by atoms with Crippen molar-refractivity contribution in [3.63, 3.8) is 0 Å². The summed E-state index contributed by atoms with van der Waals surface area (Å²) in [7, 11) is 0. The fourth-order valence-corrected chi connectivity index (χ4v) is 3.74. The van der Waals surface area contributed by atoms with Gasteiger partial charge < -0.3 is 9.64 Å². The molecule has 1 atom stereocenters. The Morgan fingerprint density at radius 1 is 1.17 bits per heavy atom. The van der Waals surface area contributed by atoms with Crippen molar-refractivity contribution in [3.8, 4) is 11.4 Å². The van der Waals surface area contributed by atoms with Crippen molar-refractivity contribution in [3.05, 3.63) is 84.2 Å². The number of likely N-dealkylation sites (tertiary alicyclic amines) is 1. The van der Waals surface area contributed by atoms with Crippen LogP contribution < -0.4 is 4.74 Å². The van der Waals surface area contributed by atoms with Gasteiger partial charge in [0.25, 0.3) is 0 Å². The minimum atomic E-state index is 0.0360. The summed E-state index contributed by atoms with van der Waals surface area (Å²) in [6.45, 7) is 3.41. The Morgan fingerprint density at radius 3 is 2.72 bits per heavy atom. The molecule has 4 rings (SSSR count). The smallest absolute Gasteiger partial charge is 0.247 e. The molecule has 1 aromatic heterocycles. The molecule has 1 aliphatic heterocycles. The average Bonchev–Trinajstić information content (AvgIpc) is 3.43. The molecule has 29 heavy (non-hydrogen) atoms. The molecule has 5 nitrogen and oxygen atoms in total. The lowest BCUT2D eigenvalue weighted by Gasteiger charge is -2.24. The van der Waals surface area contributed by atoms with Crippen LogP contribution in [0.25, 0.3) is 11.8 Å². The SMILES string of the molecule is CCOc1ccc(C2CCCN2C(=O)/C=C/c2cnn(-c3ccccc3)c2)cc1. The van der Waals surface area contributed by atoms with Crippen LogP contribution >= 0.6 is 0 Å². The predicted molar refractivity (Wildman–Crippen MR) is 114 cm³/mol. The first-order valence-corrected chi connectivity index (χ1v) is 10.1. The van der Waals surface area contributed by atoms with Gasteiger partial charge in [-0.15, -0.1) is 0 Å². The lowest BCUT2D eigenvalue weighted by molar-refractivity contribution is -0.126. The van der Waals surface area contributed by atoms with Crippen molar-refractivity contribution in [2.24, 2.45) is 0 Å². The summed E-state index contributed by atoms with van der Waals surface area (Å²) in [6, 6.07) is 18.1. The van der Waals surface area contributed by atoms with Crippen LogP contribution in [0.3, 0.4) is 0 Å². The highest BCUT2D eigenvalue weighted by molar-refractivity contribution is 5.92. The Kier molecular flexibility index (Phi) is 5.75. The highest BCUT2D eigenvalue weighted by Gasteiger charge is 2.28. The van der Waals surface area contributed by atoms with Gasteiger partial charge in [0.15, 0.2) is 0 Å². The predicted octanol–water partition coefficient (Wildman–Crippen LogP) is 4.65. The van der Waals surface area contributed by atoms with Gasteiger partial charge in [-0.3, -0.25) is 4.79 Å². The molecular weight excluding hydrogens is 362 g/mol. The van der Waals surface area contributed by atoms with E-state index in [9.17, 15) is 4.79 Å². The molecule has 1 saturated heterocycles. The molecule has 0 aliphatic carbocycles. The van der Waals surface area contributed by atoms with Gasteiger partial charge in [-0.1, -0.05) is 30.3 Å². The van der Waals surface area contributed by atoms with Crippen molar-refractivity contribution < 1.29 is 9.53 Å². The molecule has 3 aromatic rings. The highest BCUT2D eigenvalue weighted by atomic mass is 16.5. The number of amides is 1. The Balaban J connectivity index is 1.44. The molecule has 2 heterocycles. The molecule has 1 fully saturated rings. The zero-order chi connectivity index (χ0) is 20.1. The monoisotopic (exact) mass is 387 g/mol. The topological polar surface area (TPSA) is 47.4 Å². The molecule has 1 aliphatic rings. The molecule has 1 amide bonds. The van der Waals surface area contributed by atoms with E-state index in [1.165, 1.54) is 0 Å². The Bertz CT molecular complexity index is 977. The van der Waals surface area contributed by atoms with Crippen LogP contribution in [0.5, 0.6) is 5.75 Å². The van der Waals surface area contributed by atoms with Gasteiger partial charge in [-0.2, -0.15) is 5.10 Å². The quantitative estimate of drug-likeness (QED) is 0.579. The molecule has 5 heteroatoms. The second-order valence-corrected chi connectivity index (χ2v) is 7.08. The van der Waals surface area contributed by atoms with Gasteiger partial charge in [0.05, 0.1) is 24.5 Å². The fraction of sp³-hybridized carbons (Fsp3) is 0.250. The van der Waals surface area contributed by atoms with Gasteiger partial charge in [-0.05, 0) is 55.7 Å². The van der Waals surface area contributed by atoms with Crippen molar-refractivity contribution in [2.45, 2.75) is 25.8 Å². The molecule has 2 aromatic carbocycles. The number of carbonyl (C=O) groups excluding carboxylic acids is 1. The Morgan fingerprint density at radius 2 is 1.97 bits per heavy atom. The summed E-state index contributed by atoms with van der Waals surface area (Å²) < 4.78 is 7.33. The zero-order valence-corrected chi connectivity index (χ0v) is 16.6. The minimum Gasteiger partial charge on any atom is -0.494 e. The number of hydrogen-bond donors (Lipinski definition) is 0. The molecule has 148 valence electrons. The van der Waals surface area contributed by atoms with Crippen LogP contribution in [0.15, 0.2) is 73.1 Å². The summed E-state index contributed by atoms with van der Waals surface area (Å²) in [5, 5.41) is 4.38. The van der Waals surface area contributed by atoms with Crippen LogP contribution in [0.1, 0.15) is 36.9 Å². The largest absolute Gasteiger partial charge is 0.494 e. The third-order valence-electron chi connectivity index (χ3n) is 5.15. The maximum Gasteiger partial charge on any atom is 0.247 e. The lowest BCUT2D eigenvalue weighted by Crippen LogP contribution is -2.28. The molecule has 0 radical (unpaired) electrons. The average molecular weight is 387 g/mol. The Hall–Kier alpha value is -3.34. The maximum absolute atomic E-state index is 12.8. The van der Waals surface area contributed by atoms with Crippen molar-refractivity contribution in [1.29, 1.82) is 0 Å². The van der Waals surface area contributed by atoms with E-state index in [0.29, 0.717) is 6.61 Å². The standard InChI is InChI=1S/C24H25N3O2/c1-2-29-22-13-11-20(12-14-22)23-9-6-16-26(23)24(28)15-10-19-17-25-27(18-19)21-7-4-3-5-8-21/h3-5,7-8,10-15,17-18,23H,2,6,9,16H2,1H3/b15-10+. The van der Waals surface area contributed by atoms with Gasteiger partial charge in [0, 0.05) is 24.4 Å². The molecule has 0 N–H and O–H groups in total. The summed E-state index contributed by atoms with van der Waals surface area (Å²) in [5.74, 6) is 0.899. The second-order valence-electron chi connectivity index (χ2n) is 7.08. The number of nitrogens with zero attached hydrogens (tertiary/aromatic N) is 3. The molecule has 0 bridgehead atoms. The number of ether oxygens (including phenoxy) is 1. The van der Waals surface area contributed by atoms with Gasteiger partial charge in [-0.25, -0.2) is 4.68 Å². The van der Waals surface area contributed by atoms with Crippen molar-refractivity contribution in [2.75, 3.05) is 13.2 Å². The van der Waals surface area contributed by atoms with Crippen LogP contribution in [0.2, 0.25) is 0 Å². The normalized spacial score (nSPS) is 16.4. The molecule has 0 spiro atoms. The Labute approximate surface area is 171 Å². The molecule has 1 unspecified atom stereocenters. The van der Waals surface area contributed by atoms with E-state index in [0.717, 1.165) is 42.0 Å². The van der Waals surface area contributed by atoms with Crippen molar-refractivity contribution >= 4 is 12.0 Å². The minimum absolute atomic E-state index is 0.0360. The third kappa shape index (κ3) is 4.40. The number of rotatable bonds is 6. The summed E-state index contributed by atoms with van der Waals surface area (Å²) >= 11 is 0. The zero-order valence-electron chi connectivity index (χ0n) is 16.6. The molecule has 0 saturated carbocycles. The first-order chi connectivity index (χ1) is 14.2. The number of benzene rings is 2. The van der Waals surface area contributed by atoms with E-state index < -0.39 is 0 Å².